The summed E-state index contributed by atoms with van der Waals surface area (Å²) < 4.78 is 8.88. The average molecular weight is 245 g/mol. The minimum Gasteiger partial charge on any atom is -0.0149 e. The summed E-state index contributed by atoms with van der Waals surface area (Å²) in [5.74, 6) is 0. The van der Waals surface area contributed by atoms with Gasteiger partial charge in [-0.15, -0.1) is 0 Å². The van der Waals surface area contributed by atoms with E-state index in [0.29, 0.717) is 0 Å². The second-order valence-corrected chi connectivity index (χ2v) is 1.54. The van der Waals surface area contributed by atoms with E-state index in [1.807, 2.05) is 0 Å². The molecule has 0 aromatic rings. The van der Waals surface area contributed by atoms with Gasteiger partial charge in [0.2, 0.25) is 0 Å². The molecule has 0 spiro atoms. The molecule has 46 valence electrons. The van der Waals surface area contributed by atoms with Crippen molar-refractivity contribution in [2.45, 2.75) is 0 Å². The molecule has 0 unspecified atom stereocenters. The second kappa shape index (κ2) is 9.21. The predicted octanol–water partition coefficient (Wildman–Crippen LogP) is -3.03. The van der Waals surface area contributed by atoms with Crippen molar-refractivity contribution < 1.29 is 45.4 Å². The number of hydrogen-bond donors (Lipinski definition) is 3. The van der Waals surface area contributed by atoms with Gasteiger partial charge in [-0.05, 0) is 11.0 Å². The Hall–Kier alpha value is 2.21. The summed E-state index contributed by atoms with van der Waals surface area (Å²) in [5, 5.41) is 0. The summed E-state index contributed by atoms with van der Waals surface area (Å²) >= 11 is 0. The summed E-state index contributed by atoms with van der Waals surface area (Å²) in [5.41, 5.74) is 0. The van der Waals surface area contributed by atoms with Gasteiger partial charge in [0.25, 0.3) is 0 Å². The quantitative estimate of drug-likeness (QED) is 0.313. The number of rotatable bonds is 0. The Morgan fingerprint density at radius 2 is 1.12 bits per heavy atom. The van der Waals surface area contributed by atoms with E-state index in [1.54, 1.807) is 0 Å². The maximum Gasteiger partial charge on any atom is 0 e. The van der Waals surface area contributed by atoms with Gasteiger partial charge in [0.15, 0.2) is 0 Å². The fraction of sp³-hybridized carbons (Fsp3) is 0. The van der Waals surface area contributed by atoms with Crippen molar-refractivity contribution in [2.75, 3.05) is 0 Å². The number of phosphoric acid groups is 1. The Labute approximate surface area is 92.7 Å². The van der Waals surface area contributed by atoms with Crippen LogP contribution in [0.2, 0.25) is 0 Å². The van der Waals surface area contributed by atoms with Gasteiger partial charge in [-0.25, -0.2) is 4.57 Å². The van der Waals surface area contributed by atoms with Gasteiger partial charge in [0.1, 0.15) is 0 Å². The summed E-state index contributed by atoms with van der Waals surface area (Å²) in [4.78, 5) is 21.6. The Balaban J connectivity index is -0.0000000267. The molecule has 0 aliphatic heterocycles. The van der Waals surface area contributed by atoms with Gasteiger partial charge in [-0.2, -0.15) is 0 Å². The van der Waals surface area contributed by atoms with Gasteiger partial charge < -0.3 is 14.7 Å². The smallest absolute Gasteiger partial charge is 0 e. The molecular weight excluding hydrogens is 237 g/mol. The second-order valence-electron chi connectivity index (χ2n) is 0.513. The maximum absolute atomic E-state index is 8.88. The van der Waals surface area contributed by atoms with Crippen molar-refractivity contribution in [2.24, 2.45) is 0 Å². The molecular formula is H8NaO4PSiZr. The SMILES string of the molecule is O=P(O)(O)O.[NaH].[SiH4].[Zr]. The van der Waals surface area contributed by atoms with Crippen LogP contribution in [0.15, 0.2) is 0 Å². The monoisotopic (exact) mass is 244 g/mol. The van der Waals surface area contributed by atoms with Crippen molar-refractivity contribution in [3.05, 3.63) is 0 Å². The van der Waals surface area contributed by atoms with Crippen LogP contribution in [0.25, 0.3) is 0 Å². The van der Waals surface area contributed by atoms with E-state index in [2.05, 4.69) is 0 Å². The Bertz CT molecular complexity index is 62.2. The van der Waals surface area contributed by atoms with E-state index in [9.17, 15) is 0 Å². The molecule has 0 aromatic carbocycles. The zero-order valence-electron chi connectivity index (χ0n) is 2.70. The topological polar surface area (TPSA) is 77.8 Å². The molecule has 0 bridgehead atoms. The van der Waals surface area contributed by atoms with Crippen molar-refractivity contribution in [3.63, 3.8) is 0 Å². The van der Waals surface area contributed by atoms with Crippen LogP contribution in [-0.4, -0.2) is 55.2 Å². The van der Waals surface area contributed by atoms with Gasteiger partial charge in [-0.3, -0.25) is 0 Å². The molecule has 8 heavy (non-hydrogen) atoms. The van der Waals surface area contributed by atoms with E-state index in [1.165, 1.54) is 0 Å². The zero-order chi connectivity index (χ0) is 4.50. The zero-order valence-corrected chi connectivity index (χ0v) is 6.05. The van der Waals surface area contributed by atoms with Crippen molar-refractivity contribution in [1.29, 1.82) is 0 Å². The van der Waals surface area contributed by atoms with E-state index >= 15 is 0 Å². The third-order valence-electron chi connectivity index (χ3n) is 0. The molecule has 0 rings (SSSR count). The minimum atomic E-state index is -4.64. The fourth-order valence-corrected chi connectivity index (χ4v) is 0. The van der Waals surface area contributed by atoms with Crippen LogP contribution in [0.3, 0.4) is 0 Å². The van der Waals surface area contributed by atoms with E-state index in [0.717, 1.165) is 0 Å². The largest absolute Gasteiger partial charge is 0.0149 e. The minimum absolute atomic E-state index is 0. The molecule has 4 nitrogen and oxygen atoms in total. The first-order valence-electron chi connectivity index (χ1n) is 0.783. The molecule has 0 aliphatic carbocycles. The molecule has 8 heteroatoms. The van der Waals surface area contributed by atoms with Crippen molar-refractivity contribution in [3.8, 4) is 0 Å². The van der Waals surface area contributed by atoms with Crippen LogP contribution >= 0.6 is 7.82 Å². The van der Waals surface area contributed by atoms with E-state index in [-0.39, 0.29) is 66.7 Å². The Kier molecular flexibility index (Phi) is 25.9. The number of hydrogen-bond acceptors (Lipinski definition) is 1. The van der Waals surface area contributed by atoms with Gasteiger partial charge >= 0.3 is 37.4 Å². The van der Waals surface area contributed by atoms with Crippen molar-refractivity contribution >= 4 is 48.3 Å². The normalized spacial score (nSPS) is 7.38. The standard InChI is InChI=1S/Na.H3O4P.H4Si.Zr.H/c;1-5(2,3)4;;;/h;(H3,1,2,3,4);1H4;;. The van der Waals surface area contributed by atoms with E-state index in [4.69, 9.17) is 19.2 Å². The Morgan fingerprint density at radius 3 is 1.12 bits per heavy atom. The first kappa shape index (κ1) is 22.5. The fourth-order valence-electron chi connectivity index (χ4n) is 0. The molecule has 0 fully saturated rings. The Morgan fingerprint density at radius 1 is 1.12 bits per heavy atom. The van der Waals surface area contributed by atoms with Gasteiger partial charge in [-0.1, -0.05) is 0 Å². The van der Waals surface area contributed by atoms with Crippen LogP contribution in [0.1, 0.15) is 0 Å². The van der Waals surface area contributed by atoms with Gasteiger partial charge in [0, 0.05) is 26.2 Å². The van der Waals surface area contributed by atoms with Crippen LogP contribution in [0, 0.1) is 0 Å². The first-order chi connectivity index (χ1) is 2.00. The van der Waals surface area contributed by atoms with Crippen LogP contribution in [-0.2, 0) is 30.8 Å². The molecule has 3 N–H and O–H groups in total. The average Bonchev–Trinajstić information content (AvgIpc) is 0.722. The van der Waals surface area contributed by atoms with Crippen LogP contribution in [0.5, 0.6) is 0 Å². The molecule has 0 saturated heterocycles. The summed E-state index contributed by atoms with van der Waals surface area (Å²) in [6, 6.07) is 0. The maximum atomic E-state index is 8.88. The summed E-state index contributed by atoms with van der Waals surface area (Å²) in [6.07, 6.45) is 0. The third kappa shape index (κ3) is 87.4. The molecule has 0 amide bonds. The molecule has 0 heterocycles. The molecule has 0 atom stereocenters. The van der Waals surface area contributed by atoms with Gasteiger partial charge in [0.05, 0.1) is 0 Å². The van der Waals surface area contributed by atoms with Crippen molar-refractivity contribution in [1.82, 2.24) is 0 Å². The van der Waals surface area contributed by atoms with E-state index < -0.39 is 7.82 Å². The summed E-state index contributed by atoms with van der Waals surface area (Å²) in [7, 11) is -4.64. The summed E-state index contributed by atoms with van der Waals surface area (Å²) in [6.45, 7) is 0. The predicted molar refractivity (Wildman–Crippen MR) is 32.7 cm³/mol. The molecule has 0 aliphatic rings. The third-order valence-corrected chi connectivity index (χ3v) is 0. The molecule has 0 aromatic heterocycles. The van der Waals surface area contributed by atoms with Crippen LogP contribution in [0.4, 0.5) is 0 Å². The van der Waals surface area contributed by atoms with Crippen LogP contribution < -0.4 is 0 Å². The first-order valence-corrected chi connectivity index (χ1v) is 2.35. The molecule has 0 radical (unpaired) electrons. The molecule has 0 saturated carbocycles.